The van der Waals surface area contributed by atoms with Crippen molar-refractivity contribution in [2.45, 2.75) is 0 Å². The maximum atomic E-state index is 3.85. The van der Waals surface area contributed by atoms with E-state index in [2.05, 4.69) is 21.3 Å². The van der Waals surface area contributed by atoms with E-state index in [-0.39, 0.29) is 31.1 Å². The molecule has 0 saturated carbocycles. The molecule has 1 heterocycles. The molecule has 0 fully saturated rings. The van der Waals surface area contributed by atoms with Gasteiger partial charge < -0.3 is 19.9 Å². The average molecular weight is 361 g/mol. The van der Waals surface area contributed by atoms with Gasteiger partial charge >= 0.3 is 31.1 Å². The molecular formula is C5H7N4U+. The first-order valence-electron chi connectivity index (χ1n) is 2.53. The van der Waals surface area contributed by atoms with Crippen molar-refractivity contribution in [1.82, 2.24) is 15.0 Å². The van der Waals surface area contributed by atoms with Crippen molar-refractivity contribution in [1.29, 1.82) is 0 Å². The van der Waals surface area contributed by atoms with E-state index >= 15 is 0 Å². The van der Waals surface area contributed by atoms with E-state index < -0.39 is 0 Å². The molecule has 4 nitrogen and oxygen atoms in total. The van der Waals surface area contributed by atoms with Crippen LogP contribution in [0.1, 0.15) is 0 Å². The molecule has 1 aromatic rings. The molecule has 1 rings (SSSR count). The van der Waals surface area contributed by atoms with Gasteiger partial charge in [-0.1, -0.05) is 0 Å². The zero-order valence-electron chi connectivity index (χ0n) is 5.87. The molecular weight excluding hydrogens is 354 g/mol. The third kappa shape index (κ3) is 2.63. The van der Waals surface area contributed by atoms with Crippen molar-refractivity contribution < 1.29 is 31.1 Å². The first-order valence-corrected chi connectivity index (χ1v) is 2.53. The summed E-state index contributed by atoms with van der Waals surface area (Å²) in [5.74, 6) is 0.630. The summed E-state index contributed by atoms with van der Waals surface area (Å²) in [7, 11) is 3.73. The van der Waals surface area contributed by atoms with Gasteiger partial charge in [0.05, 0.1) is 0 Å². The smallest absolute Gasteiger partial charge is 0.399 e. The fourth-order valence-corrected chi connectivity index (χ4v) is 0.424. The zero-order chi connectivity index (χ0) is 6.69. The summed E-state index contributed by atoms with van der Waals surface area (Å²) in [6.45, 7) is 0. The molecule has 5 heteroatoms. The van der Waals surface area contributed by atoms with Crippen LogP contribution in [-0.4, -0.2) is 29.0 Å². The van der Waals surface area contributed by atoms with E-state index in [1.54, 1.807) is 4.90 Å². The monoisotopic (exact) mass is 361 g/mol. The van der Waals surface area contributed by atoms with Crippen LogP contribution in [0.15, 0.2) is 6.33 Å². The van der Waals surface area contributed by atoms with Crippen molar-refractivity contribution in [3.8, 4) is 0 Å². The van der Waals surface area contributed by atoms with Crippen LogP contribution in [-0.2, 0) is 0 Å². The molecule has 0 atom stereocenters. The summed E-state index contributed by atoms with van der Waals surface area (Å²) in [4.78, 5) is 13.0. The fraction of sp³-hybridized carbons (Fsp3) is 0.400. The second-order valence-electron chi connectivity index (χ2n) is 1.78. The van der Waals surface area contributed by atoms with Gasteiger partial charge in [0, 0.05) is 12.7 Å². The summed E-state index contributed by atoms with van der Waals surface area (Å²) in [5, 5.41) is 0. The van der Waals surface area contributed by atoms with Crippen LogP contribution in [0.25, 0.3) is 0 Å². The quantitative estimate of drug-likeness (QED) is 0.647. The Kier molecular flexibility index (Phi) is 4.58. The van der Waals surface area contributed by atoms with Crippen molar-refractivity contribution >= 4 is 5.95 Å². The van der Waals surface area contributed by atoms with E-state index in [4.69, 9.17) is 0 Å². The number of hydrogen-bond acceptors (Lipinski definition) is 4. The number of nitrogens with zero attached hydrogens (tertiary/aromatic N) is 4. The maximum absolute atomic E-state index is 3.85. The number of anilines is 1. The molecule has 0 radical (unpaired) electrons. The third-order valence-corrected chi connectivity index (χ3v) is 0.839. The van der Waals surface area contributed by atoms with Crippen molar-refractivity contribution in [2.75, 3.05) is 19.0 Å². The van der Waals surface area contributed by atoms with Crippen LogP contribution < -0.4 is 4.90 Å². The normalized spacial score (nSPS) is 8.20. The van der Waals surface area contributed by atoms with E-state index in [1.807, 2.05) is 14.1 Å². The molecule has 10 heavy (non-hydrogen) atoms. The first-order chi connectivity index (χ1) is 4.30. The zero-order valence-corrected chi connectivity index (χ0v) is 10.0. The molecule has 1 aromatic heterocycles. The Labute approximate surface area is 83.5 Å². The van der Waals surface area contributed by atoms with Crippen LogP contribution >= 0.6 is 0 Å². The Bertz CT molecular complexity index is 176. The van der Waals surface area contributed by atoms with Gasteiger partial charge in [-0.05, 0) is 14.1 Å². The molecule has 50 valence electrons. The molecule has 0 unspecified atom stereocenters. The summed E-state index contributed by atoms with van der Waals surface area (Å²) in [6, 6.07) is 0. The van der Waals surface area contributed by atoms with Gasteiger partial charge in [-0.25, -0.2) is 0 Å². The van der Waals surface area contributed by atoms with Crippen molar-refractivity contribution in [2.24, 2.45) is 0 Å². The van der Waals surface area contributed by atoms with Gasteiger partial charge in [0.2, 0.25) is 0 Å². The summed E-state index contributed by atoms with van der Waals surface area (Å²) < 4.78 is 0. The summed E-state index contributed by atoms with van der Waals surface area (Å²) in [6.07, 6.45) is 3.86. The molecule has 0 aromatic carbocycles. The third-order valence-electron chi connectivity index (χ3n) is 0.839. The number of hydrogen-bond donors (Lipinski definition) is 0. The van der Waals surface area contributed by atoms with Crippen molar-refractivity contribution in [3.05, 3.63) is 12.7 Å². The second kappa shape index (κ2) is 4.64. The van der Waals surface area contributed by atoms with Crippen LogP contribution in [0.3, 0.4) is 0 Å². The molecule has 0 N–H and O–H groups in total. The van der Waals surface area contributed by atoms with Crippen LogP contribution in [0, 0.1) is 37.4 Å². The average Bonchev–Trinajstić information content (AvgIpc) is 1.90. The predicted octanol–water partition coefficient (Wildman–Crippen LogP) is -0.262. The molecule has 0 aliphatic heterocycles. The maximum Gasteiger partial charge on any atom is 2.00 e. The Balaban J connectivity index is 0.000000810. The molecule has 0 bridgehead atoms. The van der Waals surface area contributed by atoms with Gasteiger partial charge in [-0.3, -0.25) is 0 Å². The Morgan fingerprint density at radius 3 is 2.50 bits per heavy atom. The Morgan fingerprint density at radius 1 is 1.50 bits per heavy atom. The first kappa shape index (κ1) is 9.86. The van der Waals surface area contributed by atoms with E-state index in [9.17, 15) is 0 Å². The summed E-state index contributed by atoms with van der Waals surface area (Å²) in [5.41, 5.74) is 0. The van der Waals surface area contributed by atoms with Gasteiger partial charge in [0.15, 0.2) is 0 Å². The molecule has 0 spiro atoms. The Morgan fingerprint density at radius 2 is 2.20 bits per heavy atom. The molecule has 0 saturated heterocycles. The molecule has 0 amide bonds. The summed E-state index contributed by atoms with van der Waals surface area (Å²) >= 11 is 0. The van der Waals surface area contributed by atoms with Crippen LogP contribution in [0.4, 0.5) is 5.95 Å². The van der Waals surface area contributed by atoms with E-state index in [0.717, 1.165) is 0 Å². The predicted molar refractivity (Wildman–Crippen MR) is 33.0 cm³/mol. The van der Waals surface area contributed by atoms with Gasteiger partial charge in [-0.2, -0.15) is 0 Å². The standard InChI is InChI=1S/C5H7N4.U/c1-9(2)5-7-3-6-4-8-5;/h3H,1-2H3;/q-1;+2. The SMILES string of the molecule is CN(C)c1n[c-]ncn1.[U+2]. The second-order valence-corrected chi connectivity index (χ2v) is 1.78. The Hall–Kier alpha value is -0.138. The van der Waals surface area contributed by atoms with Gasteiger partial charge in [0.1, 0.15) is 5.95 Å². The number of rotatable bonds is 1. The van der Waals surface area contributed by atoms with Gasteiger partial charge in [0.25, 0.3) is 0 Å². The van der Waals surface area contributed by atoms with E-state index in [0.29, 0.717) is 5.95 Å². The van der Waals surface area contributed by atoms with Crippen molar-refractivity contribution in [3.63, 3.8) is 0 Å². The van der Waals surface area contributed by atoms with Gasteiger partial charge in [-0.15, -0.1) is 0 Å². The van der Waals surface area contributed by atoms with E-state index in [1.165, 1.54) is 6.33 Å². The fourth-order valence-electron chi connectivity index (χ4n) is 0.424. The minimum Gasteiger partial charge on any atom is -0.399 e. The minimum absolute atomic E-state index is 0. The topological polar surface area (TPSA) is 41.9 Å². The molecule has 0 aliphatic rings. The van der Waals surface area contributed by atoms with Crippen LogP contribution in [0.2, 0.25) is 0 Å². The largest absolute Gasteiger partial charge is 2.00 e. The number of aromatic nitrogens is 3. The van der Waals surface area contributed by atoms with Crippen LogP contribution in [0.5, 0.6) is 0 Å². The minimum atomic E-state index is 0. The molecule has 0 aliphatic carbocycles.